The Morgan fingerprint density at radius 2 is 2.06 bits per heavy atom. The zero-order chi connectivity index (χ0) is 12.6. The Hall–Kier alpha value is -1.62. The summed E-state index contributed by atoms with van der Waals surface area (Å²) in [6.45, 7) is 0. The van der Waals surface area contributed by atoms with E-state index in [0.717, 1.165) is 11.3 Å². The second kappa shape index (κ2) is 4.33. The molecule has 1 aromatic carbocycles. The van der Waals surface area contributed by atoms with E-state index in [1.807, 2.05) is 0 Å². The summed E-state index contributed by atoms with van der Waals surface area (Å²) in [5.41, 5.74) is 1.68. The molecule has 0 radical (unpaired) electrons. The van der Waals surface area contributed by atoms with E-state index in [0.29, 0.717) is 4.47 Å². The molecular weight excluding hydrogens is 289 g/mol. The van der Waals surface area contributed by atoms with Gasteiger partial charge in [-0.05, 0) is 51.8 Å². The van der Waals surface area contributed by atoms with Crippen LogP contribution in [0.2, 0.25) is 0 Å². The molecule has 0 saturated carbocycles. The average molecular weight is 298 g/mol. The first-order chi connectivity index (χ1) is 8.00. The molecule has 0 fully saturated rings. The maximum atomic E-state index is 13.1. The van der Waals surface area contributed by atoms with Crippen LogP contribution in [-0.4, -0.2) is 15.6 Å². The van der Waals surface area contributed by atoms with Crippen LogP contribution in [0.25, 0.3) is 11.3 Å². The topological polar surface area (TPSA) is 42.2 Å². The molecule has 0 atom stereocenters. The lowest BCUT2D eigenvalue weighted by Gasteiger charge is -2.06. The van der Waals surface area contributed by atoms with Gasteiger partial charge in [-0.25, -0.2) is 9.18 Å². The summed E-state index contributed by atoms with van der Waals surface area (Å²) in [4.78, 5) is 10.9. The van der Waals surface area contributed by atoms with Crippen LogP contribution in [0.1, 0.15) is 10.5 Å². The van der Waals surface area contributed by atoms with Crippen molar-refractivity contribution < 1.29 is 14.3 Å². The van der Waals surface area contributed by atoms with E-state index >= 15 is 0 Å². The van der Waals surface area contributed by atoms with Gasteiger partial charge in [-0.3, -0.25) is 0 Å². The van der Waals surface area contributed by atoms with Crippen LogP contribution in [-0.2, 0) is 7.05 Å². The number of nitrogens with zero attached hydrogens (tertiary/aromatic N) is 1. The molecule has 0 unspecified atom stereocenters. The molecule has 0 bridgehead atoms. The fourth-order valence-electron chi connectivity index (χ4n) is 1.67. The van der Waals surface area contributed by atoms with Crippen LogP contribution in [0.3, 0.4) is 0 Å². The molecule has 2 rings (SSSR count). The normalized spacial score (nSPS) is 10.5. The van der Waals surface area contributed by atoms with Crippen molar-refractivity contribution in [2.45, 2.75) is 0 Å². The molecule has 2 aromatic rings. The molecule has 1 N–H and O–H groups in total. The number of aromatic carboxylic acids is 1. The minimum absolute atomic E-state index is 0.195. The minimum atomic E-state index is -0.986. The van der Waals surface area contributed by atoms with Crippen LogP contribution >= 0.6 is 15.9 Å². The van der Waals surface area contributed by atoms with Gasteiger partial charge in [-0.2, -0.15) is 0 Å². The Balaban J connectivity index is 2.53. The van der Waals surface area contributed by atoms with Crippen molar-refractivity contribution in [3.8, 4) is 11.3 Å². The summed E-state index contributed by atoms with van der Waals surface area (Å²) in [6.07, 6.45) is 0. The Kier molecular flexibility index (Phi) is 3.02. The molecule has 1 heterocycles. The highest BCUT2D eigenvalue weighted by Crippen LogP contribution is 2.26. The van der Waals surface area contributed by atoms with Gasteiger partial charge in [0, 0.05) is 12.7 Å². The smallest absolute Gasteiger partial charge is 0.352 e. The van der Waals surface area contributed by atoms with E-state index in [1.54, 1.807) is 29.8 Å². The highest BCUT2D eigenvalue weighted by Gasteiger charge is 2.12. The number of carboxylic acid groups (broad SMARTS) is 1. The summed E-state index contributed by atoms with van der Waals surface area (Å²) in [5.74, 6) is -1.33. The van der Waals surface area contributed by atoms with Gasteiger partial charge in [-0.15, -0.1) is 0 Å². The van der Waals surface area contributed by atoms with Gasteiger partial charge in [0.15, 0.2) is 0 Å². The standard InChI is InChI=1S/C12H9BrFNO2/c1-15-10(4-5-11(15)12(16)17)7-2-3-9(14)8(13)6-7/h2-6H,1H3,(H,16,17). The molecule has 5 heteroatoms. The molecular formula is C12H9BrFNO2. The molecule has 17 heavy (non-hydrogen) atoms. The van der Waals surface area contributed by atoms with Crippen molar-refractivity contribution in [3.63, 3.8) is 0 Å². The largest absolute Gasteiger partial charge is 0.477 e. The second-order valence-electron chi connectivity index (χ2n) is 3.60. The maximum Gasteiger partial charge on any atom is 0.352 e. The van der Waals surface area contributed by atoms with Crippen LogP contribution in [0.4, 0.5) is 4.39 Å². The van der Waals surface area contributed by atoms with E-state index < -0.39 is 5.97 Å². The van der Waals surface area contributed by atoms with E-state index in [4.69, 9.17) is 5.11 Å². The van der Waals surface area contributed by atoms with E-state index in [-0.39, 0.29) is 11.5 Å². The number of halogens is 2. The monoisotopic (exact) mass is 297 g/mol. The summed E-state index contributed by atoms with van der Waals surface area (Å²) in [7, 11) is 1.66. The quantitative estimate of drug-likeness (QED) is 0.924. The SMILES string of the molecule is Cn1c(C(=O)O)ccc1-c1ccc(F)c(Br)c1. The Morgan fingerprint density at radius 1 is 1.35 bits per heavy atom. The van der Waals surface area contributed by atoms with Crippen molar-refractivity contribution in [2.75, 3.05) is 0 Å². The lowest BCUT2D eigenvalue weighted by Crippen LogP contribution is -2.05. The molecule has 0 spiro atoms. The zero-order valence-corrected chi connectivity index (χ0v) is 10.5. The van der Waals surface area contributed by atoms with Gasteiger partial charge in [0.2, 0.25) is 0 Å². The first-order valence-corrected chi connectivity index (χ1v) is 5.64. The van der Waals surface area contributed by atoms with Crippen LogP contribution in [0.5, 0.6) is 0 Å². The number of benzene rings is 1. The fraction of sp³-hybridized carbons (Fsp3) is 0.0833. The Bertz CT molecular complexity index is 592. The number of carboxylic acids is 1. The lowest BCUT2D eigenvalue weighted by atomic mass is 10.1. The van der Waals surface area contributed by atoms with Gasteiger partial charge in [0.05, 0.1) is 4.47 Å². The summed E-state index contributed by atoms with van der Waals surface area (Å²) >= 11 is 3.10. The number of hydrogen-bond donors (Lipinski definition) is 1. The molecule has 0 aliphatic rings. The predicted molar refractivity (Wildman–Crippen MR) is 65.5 cm³/mol. The fourth-order valence-corrected chi connectivity index (χ4v) is 2.05. The van der Waals surface area contributed by atoms with Crippen LogP contribution in [0.15, 0.2) is 34.8 Å². The van der Waals surface area contributed by atoms with Crippen molar-refractivity contribution >= 4 is 21.9 Å². The third-order valence-electron chi connectivity index (χ3n) is 2.56. The second-order valence-corrected chi connectivity index (χ2v) is 4.45. The highest BCUT2D eigenvalue weighted by molar-refractivity contribution is 9.10. The van der Waals surface area contributed by atoms with Crippen molar-refractivity contribution in [3.05, 3.63) is 46.3 Å². The number of rotatable bonds is 2. The molecule has 0 aliphatic carbocycles. The molecule has 0 saturated heterocycles. The maximum absolute atomic E-state index is 13.1. The third kappa shape index (κ3) is 2.10. The first kappa shape index (κ1) is 11.9. The molecule has 88 valence electrons. The van der Waals surface area contributed by atoms with Crippen LogP contribution in [0, 0.1) is 5.82 Å². The summed E-state index contributed by atoms with van der Waals surface area (Å²) in [5, 5.41) is 8.93. The van der Waals surface area contributed by atoms with Crippen LogP contribution < -0.4 is 0 Å². The van der Waals surface area contributed by atoms with Crippen molar-refractivity contribution in [1.82, 2.24) is 4.57 Å². The lowest BCUT2D eigenvalue weighted by molar-refractivity contribution is 0.0687. The van der Waals surface area contributed by atoms with Crippen molar-refractivity contribution in [1.29, 1.82) is 0 Å². The molecule has 3 nitrogen and oxygen atoms in total. The van der Waals surface area contributed by atoms with E-state index in [1.165, 1.54) is 12.1 Å². The number of carbonyl (C=O) groups is 1. The first-order valence-electron chi connectivity index (χ1n) is 4.85. The summed E-state index contributed by atoms with van der Waals surface area (Å²) in [6, 6.07) is 7.79. The molecule has 0 amide bonds. The van der Waals surface area contributed by atoms with E-state index in [9.17, 15) is 9.18 Å². The van der Waals surface area contributed by atoms with Gasteiger partial charge >= 0.3 is 5.97 Å². The van der Waals surface area contributed by atoms with Gasteiger partial charge in [0.1, 0.15) is 11.5 Å². The minimum Gasteiger partial charge on any atom is -0.477 e. The predicted octanol–water partition coefficient (Wildman–Crippen LogP) is 3.29. The molecule has 1 aromatic heterocycles. The average Bonchev–Trinajstić information content (AvgIpc) is 2.64. The van der Waals surface area contributed by atoms with Crippen molar-refractivity contribution in [2.24, 2.45) is 7.05 Å². The molecule has 0 aliphatic heterocycles. The van der Waals surface area contributed by atoms with Gasteiger partial charge in [-0.1, -0.05) is 0 Å². The zero-order valence-electron chi connectivity index (χ0n) is 8.95. The summed E-state index contributed by atoms with van der Waals surface area (Å²) < 4.78 is 15.0. The number of aromatic nitrogens is 1. The highest BCUT2D eigenvalue weighted by atomic mass is 79.9. The van der Waals surface area contributed by atoms with E-state index in [2.05, 4.69) is 15.9 Å². The Labute approximate surface area is 106 Å². The Morgan fingerprint density at radius 3 is 2.59 bits per heavy atom. The number of hydrogen-bond acceptors (Lipinski definition) is 1. The van der Waals surface area contributed by atoms with Gasteiger partial charge < -0.3 is 9.67 Å². The third-order valence-corrected chi connectivity index (χ3v) is 3.16. The van der Waals surface area contributed by atoms with Gasteiger partial charge in [0.25, 0.3) is 0 Å².